The Labute approximate surface area is 123 Å². The number of carbonyl (C=O) groups excluding carboxylic acids is 1. The number of fused-ring (bicyclic) bond motifs is 2. The Morgan fingerprint density at radius 3 is 2.70 bits per heavy atom. The average Bonchev–Trinajstić information content (AvgIpc) is 2.40. The van der Waals surface area contributed by atoms with Crippen LogP contribution < -0.4 is 5.32 Å². The van der Waals surface area contributed by atoms with Crippen LogP contribution in [-0.2, 0) is 0 Å². The number of carbonyl (C=O) groups is 1. The molecule has 2 saturated heterocycles. The lowest BCUT2D eigenvalue weighted by atomic mass is 9.82. The van der Waals surface area contributed by atoms with Crippen molar-refractivity contribution in [2.75, 3.05) is 12.4 Å². The molecule has 3 rings (SSSR count). The molecular weight excluding hydrogens is 276 g/mol. The third-order valence-electron chi connectivity index (χ3n) is 4.63. The van der Waals surface area contributed by atoms with E-state index in [0.29, 0.717) is 29.5 Å². The fourth-order valence-corrected chi connectivity index (χ4v) is 3.70. The van der Waals surface area contributed by atoms with E-state index in [4.69, 9.17) is 11.6 Å². The Balaban J connectivity index is 1.76. The number of piperidine rings is 2. The topological polar surface area (TPSA) is 58.1 Å². The van der Waals surface area contributed by atoms with Gasteiger partial charge in [0, 0.05) is 18.1 Å². The molecule has 20 heavy (non-hydrogen) atoms. The first kappa shape index (κ1) is 13.8. The van der Waals surface area contributed by atoms with Crippen LogP contribution in [-0.4, -0.2) is 46.3 Å². The highest BCUT2D eigenvalue weighted by molar-refractivity contribution is 6.32. The smallest absolute Gasteiger partial charge is 0.156 e. The molecule has 1 N–H and O–H groups in total. The van der Waals surface area contributed by atoms with Crippen LogP contribution in [0.15, 0.2) is 6.33 Å². The fraction of sp³-hybridized carbons (Fsp3) is 0.643. The van der Waals surface area contributed by atoms with Crippen molar-refractivity contribution in [2.45, 2.75) is 50.2 Å². The van der Waals surface area contributed by atoms with Gasteiger partial charge in [0.15, 0.2) is 6.29 Å². The summed E-state index contributed by atoms with van der Waals surface area (Å²) in [4.78, 5) is 21.6. The minimum atomic E-state index is 0.214. The van der Waals surface area contributed by atoms with Crippen LogP contribution in [0.1, 0.15) is 42.5 Å². The minimum absolute atomic E-state index is 0.214. The number of nitrogens with zero attached hydrogens (tertiary/aromatic N) is 3. The molecule has 1 aromatic heterocycles. The highest BCUT2D eigenvalue weighted by Gasteiger charge is 2.36. The van der Waals surface area contributed by atoms with E-state index < -0.39 is 0 Å². The van der Waals surface area contributed by atoms with Gasteiger partial charge in [-0.3, -0.25) is 4.79 Å². The lowest BCUT2D eigenvalue weighted by Gasteiger charge is -2.47. The van der Waals surface area contributed by atoms with E-state index in [9.17, 15) is 4.79 Å². The van der Waals surface area contributed by atoms with Gasteiger partial charge in [0.25, 0.3) is 0 Å². The predicted molar refractivity (Wildman–Crippen MR) is 78.3 cm³/mol. The summed E-state index contributed by atoms with van der Waals surface area (Å²) >= 11 is 5.94. The first-order valence-corrected chi connectivity index (χ1v) is 7.51. The van der Waals surface area contributed by atoms with Gasteiger partial charge in [-0.1, -0.05) is 18.0 Å². The van der Waals surface area contributed by atoms with Crippen LogP contribution in [0.4, 0.5) is 5.82 Å². The second-order valence-corrected chi connectivity index (χ2v) is 6.12. The summed E-state index contributed by atoms with van der Waals surface area (Å²) in [5.41, 5.74) is 0.359. The summed E-state index contributed by atoms with van der Waals surface area (Å²) in [6.45, 7) is 0. The highest BCUT2D eigenvalue weighted by atomic mass is 35.5. The molecule has 2 aliphatic rings. The third-order valence-corrected chi connectivity index (χ3v) is 4.93. The molecule has 2 unspecified atom stereocenters. The number of aldehydes is 1. The van der Waals surface area contributed by atoms with Gasteiger partial charge >= 0.3 is 0 Å². The number of hydrogen-bond donors (Lipinski definition) is 1. The number of rotatable bonds is 3. The molecule has 1 aromatic rings. The molecule has 2 bridgehead atoms. The predicted octanol–water partition coefficient (Wildman–Crippen LogP) is 2.37. The third kappa shape index (κ3) is 2.52. The molecule has 3 heterocycles. The lowest BCUT2D eigenvalue weighted by molar-refractivity contribution is 0.0608. The zero-order valence-corrected chi connectivity index (χ0v) is 12.3. The summed E-state index contributed by atoms with van der Waals surface area (Å²) in [7, 11) is 2.23. The second-order valence-electron chi connectivity index (χ2n) is 5.76. The monoisotopic (exact) mass is 294 g/mol. The molecule has 2 atom stereocenters. The van der Waals surface area contributed by atoms with E-state index in [2.05, 4.69) is 27.2 Å². The molecule has 108 valence electrons. The van der Waals surface area contributed by atoms with Gasteiger partial charge in [-0.25, -0.2) is 9.97 Å². The summed E-state index contributed by atoms with van der Waals surface area (Å²) in [5, 5.41) is 3.61. The standard InChI is InChI=1S/C14H19ClN4O/c1-19-10-3-2-4-11(19)6-9(5-10)18-14-12(7-20)13(15)16-8-17-14/h7-11H,2-6H2,1H3,(H,16,17,18). The molecule has 0 aliphatic carbocycles. The van der Waals surface area contributed by atoms with Gasteiger partial charge < -0.3 is 10.2 Å². The molecule has 6 heteroatoms. The molecule has 2 aliphatic heterocycles. The fourth-order valence-electron chi connectivity index (χ4n) is 3.52. The lowest BCUT2D eigenvalue weighted by Crippen LogP contribution is -2.52. The van der Waals surface area contributed by atoms with Crippen molar-refractivity contribution in [1.82, 2.24) is 14.9 Å². The van der Waals surface area contributed by atoms with E-state index in [-0.39, 0.29) is 5.15 Å². The van der Waals surface area contributed by atoms with Gasteiger partial charge in [0.05, 0.1) is 5.56 Å². The van der Waals surface area contributed by atoms with E-state index in [0.717, 1.165) is 19.1 Å². The summed E-state index contributed by atoms with van der Waals surface area (Å²) in [6.07, 6.45) is 8.14. The van der Waals surface area contributed by atoms with E-state index in [1.165, 1.54) is 25.6 Å². The van der Waals surface area contributed by atoms with E-state index >= 15 is 0 Å². The Morgan fingerprint density at radius 2 is 2.05 bits per heavy atom. The number of halogens is 1. The van der Waals surface area contributed by atoms with Gasteiger partial charge in [-0.05, 0) is 32.7 Å². The quantitative estimate of drug-likeness (QED) is 0.685. The normalized spacial score (nSPS) is 30.0. The largest absolute Gasteiger partial charge is 0.366 e. The maximum absolute atomic E-state index is 11.1. The Kier molecular flexibility index (Phi) is 3.89. The van der Waals surface area contributed by atoms with Crippen LogP contribution in [0.25, 0.3) is 0 Å². The van der Waals surface area contributed by atoms with Gasteiger partial charge in [-0.2, -0.15) is 0 Å². The molecule has 5 nitrogen and oxygen atoms in total. The zero-order chi connectivity index (χ0) is 14.1. The van der Waals surface area contributed by atoms with Crippen LogP contribution in [0.5, 0.6) is 0 Å². The molecule has 0 amide bonds. The molecule has 0 radical (unpaired) electrons. The maximum Gasteiger partial charge on any atom is 0.156 e. The SMILES string of the molecule is CN1C2CCCC1CC(Nc1ncnc(Cl)c1C=O)C2. The van der Waals surface area contributed by atoms with Crippen LogP contribution in [0.3, 0.4) is 0 Å². The van der Waals surface area contributed by atoms with Crippen molar-refractivity contribution >= 4 is 23.7 Å². The molecule has 2 fully saturated rings. The van der Waals surface area contributed by atoms with Crippen molar-refractivity contribution in [3.05, 3.63) is 17.0 Å². The number of hydrogen-bond acceptors (Lipinski definition) is 5. The van der Waals surface area contributed by atoms with Crippen LogP contribution in [0, 0.1) is 0 Å². The minimum Gasteiger partial charge on any atom is -0.366 e. The van der Waals surface area contributed by atoms with Crippen LogP contribution >= 0.6 is 11.6 Å². The van der Waals surface area contributed by atoms with Crippen molar-refractivity contribution < 1.29 is 4.79 Å². The summed E-state index contributed by atoms with van der Waals surface area (Å²) in [5.74, 6) is 0.563. The van der Waals surface area contributed by atoms with Crippen molar-refractivity contribution in [3.63, 3.8) is 0 Å². The first-order chi connectivity index (χ1) is 9.69. The summed E-state index contributed by atoms with van der Waals surface area (Å²) in [6, 6.07) is 1.63. The van der Waals surface area contributed by atoms with Crippen molar-refractivity contribution in [2.24, 2.45) is 0 Å². The first-order valence-electron chi connectivity index (χ1n) is 7.13. The van der Waals surface area contributed by atoms with E-state index in [1.807, 2.05) is 0 Å². The number of nitrogens with one attached hydrogen (secondary N) is 1. The molecular formula is C14H19ClN4O. The Hall–Kier alpha value is -1.20. The molecule has 0 saturated carbocycles. The molecule has 0 spiro atoms. The zero-order valence-electron chi connectivity index (χ0n) is 11.6. The van der Waals surface area contributed by atoms with Gasteiger partial charge in [0.2, 0.25) is 0 Å². The number of aromatic nitrogens is 2. The van der Waals surface area contributed by atoms with Crippen LogP contribution in [0.2, 0.25) is 5.15 Å². The number of anilines is 1. The molecule has 0 aromatic carbocycles. The Morgan fingerprint density at radius 1 is 1.35 bits per heavy atom. The van der Waals surface area contributed by atoms with Crippen molar-refractivity contribution in [1.29, 1.82) is 0 Å². The highest BCUT2D eigenvalue weighted by Crippen LogP contribution is 2.34. The van der Waals surface area contributed by atoms with E-state index in [1.54, 1.807) is 0 Å². The average molecular weight is 295 g/mol. The second kappa shape index (κ2) is 5.66. The van der Waals surface area contributed by atoms with Gasteiger partial charge in [0.1, 0.15) is 17.3 Å². The van der Waals surface area contributed by atoms with Gasteiger partial charge in [-0.15, -0.1) is 0 Å². The maximum atomic E-state index is 11.1. The Bertz CT molecular complexity index is 496. The van der Waals surface area contributed by atoms with Crippen molar-refractivity contribution in [3.8, 4) is 0 Å². The summed E-state index contributed by atoms with van der Waals surface area (Å²) < 4.78 is 0.